The van der Waals surface area contributed by atoms with Crippen molar-refractivity contribution in [3.05, 3.63) is 95.7 Å². The number of aromatic nitrogens is 1. The van der Waals surface area contributed by atoms with Crippen molar-refractivity contribution in [2.75, 3.05) is 20.3 Å². The third-order valence-corrected chi connectivity index (χ3v) is 7.22. The number of methoxy groups -OCH3 is 1. The molecule has 41 heavy (non-hydrogen) atoms. The molecule has 4 rings (SSSR count). The quantitative estimate of drug-likeness (QED) is 0.177. The van der Waals surface area contributed by atoms with Crippen LogP contribution in [0.1, 0.15) is 42.0 Å². The zero-order valence-corrected chi connectivity index (χ0v) is 23.3. The number of hydrogen-bond donors (Lipinski definition) is 3. The van der Waals surface area contributed by atoms with Gasteiger partial charge in [-0.3, -0.25) is 9.59 Å². The Bertz CT molecular complexity index is 1490. The highest BCUT2D eigenvalue weighted by Gasteiger charge is 2.29. The molecule has 1 amide bonds. The Labute approximate surface area is 240 Å². The second-order valence-corrected chi connectivity index (χ2v) is 9.95. The highest BCUT2D eigenvalue weighted by Crippen LogP contribution is 2.28. The van der Waals surface area contributed by atoms with Gasteiger partial charge < -0.3 is 25.5 Å². The number of H-pyrrole nitrogens is 1. The zero-order valence-electron chi connectivity index (χ0n) is 23.3. The van der Waals surface area contributed by atoms with E-state index in [2.05, 4.69) is 16.4 Å². The number of rotatable bonds is 15. The fourth-order valence-electron chi connectivity index (χ4n) is 4.88. The van der Waals surface area contributed by atoms with E-state index < -0.39 is 12.0 Å². The SMILES string of the molecule is COc1ccccc1CCC(=O)NCC(C(=O)COc1ccc(CCCC#N)cc1)C(N)c1c[nH]c2ccccc12. The number of ether oxygens (including phenoxy) is 2. The molecule has 0 saturated carbocycles. The lowest BCUT2D eigenvalue weighted by atomic mass is 9.90. The molecular weight excluding hydrogens is 516 g/mol. The number of carbonyl (C=O) groups is 2. The second-order valence-electron chi connectivity index (χ2n) is 9.95. The minimum atomic E-state index is -0.699. The number of nitriles is 1. The summed E-state index contributed by atoms with van der Waals surface area (Å²) in [5, 5.41) is 12.6. The lowest BCUT2D eigenvalue weighted by molar-refractivity contribution is -0.126. The molecule has 1 aromatic heterocycles. The lowest BCUT2D eigenvalue weighted by Gasteiger charge is -2.23. The van der Waals surface area contributed by atoms with E-state index in [1.54, 1.807) is 7.11 Å². The summed E-state index contributed by atoms with van der Waals surface area (Å²) < 4.78 is 11.2. The maximum Gasteiger partial charge on any atom is 0.220 e. The molecule has 8 heteroatoms. The van der Waals surface area contributed by atoms with Gasteiger partial charge in [0.15, 0.2) is 5.78 Å². The molecule has 0 aliphatic heterocycles. The van der Waals surface area contributed by atoms with Gasteiger partial charge in [0.05, 0.1) is 19.1 Å². The summed E-state index contributed by atoms with van der Waals surface area (Å²) in [6.45, 7) is -0.0863. The number of aryl methyl sites for hydroxylation is 2. The number of hydrogen-bond acceptors (Lipinski definition) is 6. The first-order valence-electron chi connectivity index (χ1n) is 13.8. The van der Waals surface area contributed by atoms with E-state index >= 15 is 0 Å². The third-order valence-electron chi connectivity index (χ3n) is 7.22. The summed E-state index contributed by atoms with van der Waals surface area (Å²) >= 11 is 0. The van der Waals surface area contributed by atoms with Crippen LogP contribution in [0.3, 0.4) is 0 Å². The summed E-state index contributed by atoms with van der Waals surface area (Å²) in [7, 11) is 1.61. The van der Waals surface area contributed by atoms with Crippen molar-refractivity contribution in [2.24, 2.45) is 11.7 Å². The van der Waals surface area contributed by atoms with Crippen LogP contribution in [0.4, 0.5) is 0 Å². The van der Waals surface area contributed by atoms with Crippen molar-refractivity contribution in [3.63, 3.8) is 0 Å². The molecule has 0 saturated heterocycles. The first-order chi connectivity index (χ1) is 20.0. The van der Waals surface area contributed by atoms with Gasteiger partial charge in [0.2, 0.25) is 5.91 Å². The molecule has 0 spiro atoms. The fraction of sp³-hybridized carbons (Fsp3) is 0.303. The van der Waals surface area contributed by atoms with Gasteiger partial charge >= 0.3 is 0 Å². The number of nitrogens with one attached hydrogen (secondary N) is 2. The van der Waals surface area contributed by atoms with Crippen LogP contribution in [0.15, 0.2) is 79.0 Å². The van der Waals surface area contributed by atoms with Gasteiger partial charge in [-0.1, -0.05) is 48.5 Å². The standard InChI is InChI=1S/C33H36N4O4/c1-40-31-12-5-2-9-24(31)15-18-32(39)37-21-28(33(35)27-20-36-29-11-4-3-10-26(27)29)30(38)22-41-25-16-13-23(14-17-25)8-6-7-19-34/h2-5,9-14,16-17,20,28,33,36H,6-8,15,18,21-22,35H2,1H3,(H,37,39). The fourth-order valence-corrected chi connectivity index (χ4v) is 4.88. The van der Waals surface area contributed by atoms with Gasteiger partial charge in [-0.15, -0.1) is 0 Å². The van der Waals surface area contributed by atoms with Crippen molar-refractivity contribution < 1.29 is 19.1 Å². The van der Waals surface area contributed by atoms with Crippen LogP contribution in [0, 0.1) is 17.2 Å². The number of nitrogens with zero attached hydrogens (tertiary/aromatic N) is 1. The number of carbonyl (C=O) groups excluding carboxylic acids is 2. The number of unbranched alkanes of at least 4 members (excludes halogenated alkanes) is 1. The molecule has 0 radical (unpaired) electrons. The Hall–Kier alpha value is -4.61. The largest absolute Gasteiger partial charge is 0.496 e. The highest BCUT2D eigenvalue weighted by molar-refractivity contribution is 5.88. The van der Waals surface area contributed by atoms with Crippen molar-refractivity contribution in [2.45, 2.75) is 38.1 Å². The molecule has 0 fully saturated rings. The van der Waals surface area contributed by atoms with E-state index in [9.17, 15) is 9.59 Å². The summed E-state index contributed by atoms with van der Waals surface area (Å²) in [5.74, 6) is 0.234. The Morgan fingerprint density at radius 3 is 2.56 bits per heavy atom. The molecule has 4 aromatic rings. The number of aromatic amines is 1. The van der Waals surface area contributed by atoms with Gasteiger partial charge in [-0.05, 0) is 60.2 Å². The predicted octanol–water partition coefficient (Wildman–Crippen LogP) is 5.04. The molecule has 2 unspecified atom stereocenters. The van der Waals surface area contributed by atoms with E-state index in [0.29, 0.717) is 18.6 Å². The smallest absolute Gasteiger partial charge is 0.220 e. The molecule has 1 heterocycles. The van der Waals surface area contributed by atoms with Gasteiger partial charge in [-0.2, -0.15) is 5.26 Å². The van der Waals surface area contributed by atoms with E-state index in [4.69, 9.17) is 20.5 Å². The first-order valence-corrected chi connectivity index (χ1v) is 13.8. The van der Waals surface area contributed by atoms with E-state index in [1.165, 1.54) is 0 Å². The number of para-hydroxylation sites is 2. The van der Waals surface area contributed by atoms with Gasteiger partial charge in [0.1, 0.15) is 18.1 Å². The van der Waals surface area contributed by atoms with Crippen molar-refractivity contribution in [1.29, 1.82) is 5.26 Å². The summed E-state index contributed by atoms with van der Waals surface area (Å²) in [5.41, 5.74) is 10.5. The van der Waals surface area contributed by atoms with Crippen LogP contribution in [-0.4, -0.2) is 36.9 Å². The van der Waals surface area contributed by atoms with Crippen LogP contribution in [0.25, 0.3) is 10.9 Å². The number of ketones is 1. The van der Waals surface area contributed by atoms with E-state index in [0.717, 1.165) is 46.2 Å². The van der Waals surface area contributed by atoms with Crippen molar-refractivity contribution >= 4 is 22.6 Å². The van der Waals surface area contributed by atoms with Gasteiger partial charge in [-0.25, -0.2) is 0 Å². The van der Waals surface area contributed by atoms with Crippen LogP contribution in [0.2, 0.25) is 0 Å². The Morgan fingerprint density at radius 1 is 1.02 bits per heavy atom. The summed E-state index contributed by atoms with van der Waals surface area (Å²) in [6, 6.07) is 24.4. The molecule has 3 aromatic carbocycles. The van der Waals surface area contributed by atoms with Crippen molar-refractivity contribution in [3.8, 4) is 17.6 Å². The number of nitrogens with two attached hydrogens (primary N) is 1. The molecule has 2 atom stereocenters. The Morgan fingerprint density at radius 2 is 1.78 bits per heavy atom. The normalized spacial score (nSPS) is 12.3. The number of fused-ring (bicyclic) bond motifs is 1. The van der Waals surface area contributed by atoms with Crippen LogP contribution in [0.5, 0.6) is 11.5 Å². The first kappa shape index (κ1) is 29.4. The average Bonchev–Trinajstić information content (AvgIpc) is 3.44. The minimum Gasteiger partial charge on any atom is -0.496 e. The minimum absolute atomic E-state index is 0.0887. The Balaban J connectivity index is 1.42. The summed E-state index contributed by atoms with van der Waals surface area (Å²) in [6.07, 6.45) is 4.71. The second kappa shape index (κ2) is 14.7. The van der Waals surface area contributed by atoms with Crippen molar-refractivity contribution in [1.82, 2.24) is 10.3 Å². The molecular formula is C33H36N4O4. The maximum absolute atomic E-state index is 13.5. The Kier molecular flexibility index (Phi) is 10.5. The summed E-state index contributed by atoms with van der Waals surface area (Å²) in [4.78, 5) is 29.5. The topological polar surface area (TPSA) is 130 Å². The molecule has 4 N–H and O–H groups in total. The molecule has 0 bridgehead atoms. The molecule has 0 aliphatic carbocycles. The molecule has 0 aliphatic rings. The van der Waals surface area contributed by atoms with E-state index in [1.807, 2.05) is 79.0 Å². The van der Waals surface area contributed by atoms with Crippen LogP contribution in [-0.2, 0) is 22.4 Å². The van der Waals surface area contributed by atoms with Gasteiger partial charge in [0.25, 0.3) is 0 Å². The maximum atomic E-state index is 13.5. The monoisotopic (exact) mass is 552 g/mol. The van der Waals surface area contributed by atoms with Crippen LogP contribution >= 0.6 is 0 Å². The van der Waals surface area contributed by atoms with Crippen LogP contribution < -0.4 is 20.5 Å². The lowest BCUT2D eigenvalue weighted by Crippen LogP contribution is -2.40. The third kappa shape index (κ3) is 7.96. The predicted molar refractivity (Wildman–Crippen MR) is 159 cm³/mol. The number of Topliss-reactive ketones (excluding diaryl/α,β-unsaturated/α-hetero) is 1. The molecule has 8 nitrogen and oxygen atoms in total. The number of amides is 1. The number of benzene rings is 3. The average molecular weight is 553 g/mol. The van der Waals surface area contributed by atoms with E-state index in [-0.39, 0.29) is 31.3 Å². The van der Waals surface area contributed by atoms with Gasteiger partial charge in [0, 0.05) is 42.5 Å². The highest BCUT2D eigenvalue weighted by atomic mass is 16.5. The zero-order chi connectivity index (χ0) is 29.0. The molecule has 212 valence electrons.